The van der Waals surface area contributed by atoms with E-state index in [0.717, 1.165) is 57.8 Å². The van der Waals surface area contributed by atoms with Gasteiger partial charge in [-0.25, -0.2) is 4.57 Å². The minimum atomic E-state index is -5.11. The first-order chi connectivity index (χ1) is 27.9. The molecule has 0 amide bonds. The summed E-state index contributed by atoms with van der Waals surface area (Å²) in [6.07, 6.45) is 22.7. The number of esters is 2. The zero-order valence-corrected chi connectivity index (χ0v) is 37.0. The van der Waals surface area contributed by atoms with Gasteiger partial charge in [0.25, 0.3) is 0 Å². The van der Waals surface area contributed by atoms with E-state index in [1.165, 1.54) is 103 Å². The summed E-state index contributed by atoms with van der Waals surface area (Å²) in [6, 6.07) is 0. The van der Waals surface area contributed by atoms with Crippen LogP contribution in [0.5, 0.6) is 0 Å². The number of aliphatic hydroxyl groups excluding tert-OH is 5. The number of carbonyl (C=O) groups is 2. The van der Waals surface area contributed by atoms with Gasteiger partial charge in [0, 0.05) is 12.8 Å². The number of unbranched alkanes of at least 4 members (excludes halogenated alkanes) is 24. The van der Waals surface area contributed by atoms with Gasteiger partial charge in [-0.05, 0) is 38.5 Å². The predicted molar refractivity (Wildman–Crippen MR) is 226 cm³/mol. The van der Waals surface area contributed by atoms with Crippen LogP contribution in [0, 0.1) is 0 Å². The van der Waals surface area contributed by atoms with Crippen molar-refractivity contribution in [3.8, 4) is 0 Å². The molecule has 14 heteroatoms. The largest absolute Gasteiger partial charge is 0.472 e. The Hall–Kier alpha value is -1.41. The monoisotopic (exact) mass is 851 g/mol. The number of carbonyl (C=O) groups excluding carboxylic acids is 2. The van der Waals surface area contributed by atoms with Gasteiger partial charge in [-0.1, -0.05) is 161 Å². The zero-order chi connectivity index (χ0) is 42.9. The van der Waals surface area contributed by atoms with Crippen molar-refractivity contribution < 1.29 is 63.1 Å². The Bertz CT molecular complexity index is 1080. The van der Waals surface area contributed by atoms with Crippen molar-refractivity contribution in [3.05, 3.63) is 12.2 Å². The molecule has 0 spiro atoms. The summed E-state index contributed by atoms with van der Waals surface area (Å²) in [5.74, 6) is -1.10. The van der Waals surface area contributed by atoms with Crippen LogP contribution in [0.1, 0.15) is 200 Å². The zero-order valence-electron chi connectivity index (χ0n) is 36.1. The number of allylic oxidation sites excluding steroid dienone is 2. The van der Waals surface area contributed by atoms with Crippen LogP contribution in [0.3, 0.4) is 0 Å². The smallest absolute Gasteiger partial charge is 0.462 e. The van der Waals surface area contributed by atoms with E-state index in [1.54, 1.807) is 0 Å². The Balaban J connectivity index is 2.45. The summed E-state index contributed by atoms with van der Waals surface area (Å²) in [6.45, 7) is 3.28. The Morgan fingerprint density at radius 1 is 0.517 bits per heavy atom. The molecule has 0 aliphatic heterocycles. The van der Waals surface area contributed by atoms with Crippen molar-refractivity contribution in [2.45, 2.75) is 243 Å². The van der Waals surface area contributed by atoms with Gasteiger partial charge in [0.2, 0.25) is 0 Å². The first-order valence-electron chi connectivity index (χ1n) is 23.0. The third-order valence-corrected chi connectivity index (χ3v) is 11.8. The third-order valence-electron chi connectivity index (χ3n) is 10.9. The fourth-order valence-electron chi connectivity index (χ4n) is 7.11. The Labute approximate surface area is 350 Å². The average molecular weight is 851 g/mol. The lowest BCUT2D eigenvalue weighted by atomic mass is 9.85. The lowest BCUT2D eigenvalue weighted by Crippen LogP contribution is -2.64. The first-order valence-corrected chi connectivity index (χ1v) is 24.5. The molecule has 0 radical (unpaired) electrons. The van der Waals surface area contributed by atoms with E-state index < -0.39 is 75.7 Å². The number of hydrogen-bond donors (Lipinski definition) is 6. The molecule has 1 aliphatic carbocycles. The second kappa shape index (κ2) is 35.2. The second-order valence-electron chi connectivity index (χ2n) is 16.3. The van der Waals surface area contributed by atoms with Crippen LogP contribution >= 0.6 is 7.82 Å². The molecular weight excluding hydrogens is 767 g/mol. The Kier molecular flexibility index (Phi) is 33.2. The molecule has 13 nitrogen and oxygen atoms in total. The van der Waals surface area contributed by atoms with Crippen LogP contribution in [0.4, 0.5) is 0 Å². The Morgan fingerprint density at radius 3 is 1.33 bits per heavy atom. The minimum absolute atomic E-state index is 0.0904. The highest BCUT2D eigenvalue weighted by molar-refractivity contribution is 7.47. The van der Waals surface area contributed by atoms with E-state index in [2.05, 4.69) is 26.0 Å². The molecule has 1 saturated carbocycles. The number of rotatable bonds is 38. The molecular formula is C44H83O13P. The van der Waals surface area contributed by atoms with Crippen LogP contribution in [0.2, 0.25) is 0 Å². The van der Waals surface area contributed by atoms with Gasteiger partial charge in [0.15, 0.2) is 6.10 Å². The van der Waals surface area contributed by atoms with Gasteiger partial charge in [-0.15, -0.1) is 0 Å². The Morgan fingerprint density at radius 2 is 0.879 bits per heavy atom. The van der Waals surface area contributed by atoms with Crippen molar-refractivity contribution in [2.24, 2.45) is 0 Å². The summed E-state index contributed by atoms with van der Waals surface area (Å²) in [5, 5.41) is 50.1. The summed E-state index contributed by atoms with van der Waals surface area (Å²) in [5.41, 5.74) is 0. The molecule has 0 heterocycles. The molecule has 6 N–H and O–H groups in total. The quantitative estimate of drug-likeness (QED) is 0.0149. The highest BCUT2D eigenvalue weighted by Gasteiger charge is 2.51. The lowest BCUT2D eigenvalue weighted by molar-refractivity contribution is -0.220. The normalized spacial score (nSPS) is 22.6. The van der Waals surface area contributed by atoms with E-state index in [1.807, 2.05) is 0 Å². The number of phosphoric ester groups is 1. The first kappa shape index (κ1) is 54.6. The molecule has 1 fully saturated rings. The lowest BCUT2D eigenvalue weighted by Gasteiger charge is -2.41. The highest BCUT2D eigenvalue weighted by atomic mass is 31.2. The second-order valence-corrected chi connectivity index (χ2v) is 17.7. The third kappa shape index (κ3) is 27.4. The minimum Gasteiger partial charge on any atom is -0.462 e. The van der Waals surface area contributed by atoms with Gasteiger partial charge < -0.3 is 39.9 Å². The van der Waals surface area contributed by atoms with E-state index >= 15 is 0 Å². The fraction of sp³-hybridized carbons (Fsp3) is 0.909. The number of aliphatic hydroxyl groups is 5. The maximum Gasteiger partial charge on any atom is 0.472 e. The van der Waals surface area contributed by atoms with Gasteiger partial charge in [-0.3, -0.25) is 18.6 Å². The fourth-order valence-corrected chi connectivity index (χ4v) is 8.08. The van der Waals surface area contributed by atoms with Gasteiger partial charge >= 0.3 is 19.8 Å². The number of phosphoric acid groups is 1. The maximum absolute atomic E-state index is 12.8. The molecule has 342 valence electrons. The van der Waals surface area contributed by atoms with Crippen molar-refractivity contribution in [2.75, 3.05) is 13.2 Å². The van der Waals surface area contributed by atoms with Crippen molar-refractivity contribution in [3.63, 3.8) is 0 Å². The molecule has 6 unspecified atom stereocenters. The van der Waals surface area contributed by atoms with Crippen molar-refractivity contribution >= 4 is 19.8 Å². The number of ether oxygens (including phenoxy) is 2. The van der Waals surface area contributed by atoms with E-state index in [9.17, 15) is 44.6 Å². The molecule has 1 rings (SSSR count). The van der Waals surface area contributed by atoms with Gasteiger partial charge in [-0.2, -0.15) is 0 Å². The average Bonchev–Trinajstić information content (AvgIpc) is 3.20. The molecule has 0 saturated heterocycles. The topological polar surface area (TPSA) is 210 Å². The van der Waals surface area contributed by atoms with Crippen molar-refractivity contribution in [1.29, 1.82) is 0 Å². The highest BCUT2D eigenvalue weighted by Crippen LogP contribution is 2.47. The molecule has 1 aliphatic rings. The molecule has 0 bridgehead atoms. The van der Waals surface area contributed by atoms with Crippen LogP contribution in [-0.4, -0.2) is 98.3 Å². The summed E-state index contributed by atoms with van der Waals surface area (Å²) >= 11 is 0. The van der Waals surface area contributed by atoms with Gasteiger partial charge in [0.1, 0.15) is 43.2 Å². The van der Waals surface area contributed by atoms with Crippen LogP contribution in [-0.2, 0) is 32.7 Å². The van der Waals surface area contributed by atoms with Crippen LogP contribution in [0.25, 0.3) is 0 Å². The molecule has 0 aromatic carbocycles. The summed E-state index contributed by atoms with van der Waals surface area (Å²) < 4.78 is 33.5. The van der Waals surface area contributed by atoms with Crippen LogP contribution < -0.4 is 0 Å². The van der Waals surface area contributed by atoms with E-state index in [0.29, 0.717) is 12.8 Å². The SMILES string of the molecule is CCCCCC/C=C/CCCCCCCC(=O)O[C@@H](COC(=O)CCCCCCCCCCCCCCCCCC)COP(=O)(O)OC1C(O)C(O)C(O)[C@H](O)C1O. The molecule has 8 atom stereocenters. The number of hydrogen-bond acceptors (Lipinski definition) is 12. The molecule has 0 aromatic heterocycles. The summed E-state index contributed by atoms with van der Waals surface area (Å²) in [4.78, 5) is 35.6. The predicted octanol–water partition coefficient (Wildman–Crippen LogP) is 8.67. The van der Waals surface area contributed by atoms with Crippen molar-refractivity contribution in [1.82, 2.24) is 0 Å². The summed E-state index contributed by atoms with van der Waals surface area (Å²) in [7, 11) is -5.11. The van der Waals surface area contributed by atoms with E-state index in [-0.39, 0.29) is 12.8 Å². The van der Waals surface area contributed by atoms with Gasteiger partial charge in [0.05, 0.1) is 6.61 Å². The standard InChI is InChI=1S/C44H83O13P/c1-3-5-7-9-11-13-15-17-18-19-21-22-24-26-28-30-32-37(45)54-34-36(35-55-58(52,53)57-44-42(50)40(48)39(47)41(49)43(44)51)56-38(46)33-31-29-27-25-23-20-16-14-12-10-8-6-4-2/h14,16,36,39-44,47-51H,3-13,15,17-35H2,1-2H3,(H,52,53)/b16-14+/t36-,39?,40-,41?,42?,43?,44?/m0/s1. The molecule has 0 aromatic rings. The molecule has 58 heavy (non-hydrogen) atoms. The maximum atomic E-state index is 12.8. The van der Waals surface area contributed by atoms with E-state index in [4.69, 9.17) is 18.5 Å². The van der Waals surface area contributed by atoms with Crippen LogP contribution in [0.15, 0.2) is 12.2 Å².